The maximum absolute atomic E-state index is 12.2. The lowest BCUT2D eigenvalue weighted by atomic mass is 10.1. The number of nitrogens with zero attached hydrogens (tertiary/aromatic N) is 3. The Hall–Kier alpha value is -2.15. The number of hydrogen-bond donors (Lipinski definition) is 2. The number of carbonyl (C=O) groups is 1. The van der Waals surface area contributed by atoms with Gasteiger partial charge in [-0.05, 0) is 37.3 Å². The molecular formula is C16H21N5OS. The van der Waals surface area contributed by atoms with E-state index in [9.17, 15) is 4.79 Å². The van der Waals surface area contributed by atoms with Crippen LogP contribution in [0.15, 0.2) is 36.0 Å². The van der Waals surface area contributed by atoms with Crippen LogP contribution in [0.4, 0.5) is 10.7 Å². The molecule has 0 saturated carbocycles. The van der Waals surface area contributed by atoms with Gasteiger partial charge in [0.05, 0.1) is 6.04 Å². The summed E-state index contributed by atoms with van der Waals surface area (Å²) in [5.74, 6) is 0.728. The van der Waals surface area contributed by atoms with Gasteiger partial charge in [-0.3, -0.25) is 0 Å². The first-order chi connectivity index (χ1) is 11.2. The summed E-state index contributed by atoms with van der Waals surface area (Å²) in [7, 11) is 0. The summed E-state index contributed by atoms with van der Waals surface area (Å²) < 4.78 is 0. The molecule has 2 aromatic rings. The number of urea groups is 1. The molecule has 0 aliphatic carbocycles. The Bertz CT molecular complexity index is 619. The third-order valence-electron chi connectivity index (χ3n) is 3.91. The number of hydrogen-bond acceptors (Lipinski definition) is 5. The van der Waals surface area contributed by atoms with Crippen molar-refractivity contribution in [2.24, 2.45) is 0 Å². The van der Waals surface area contributed by atoms with Gasteiger partial charge in [0.15, 0.2) is 0 Å². The fraction of sp³-hybridized carbons (Fsp3) is 0.438. The minimum absolute atomic E-state index is 0.0205. The largest absolute Gasteiger partial charge is 0.339 e. The molecule has 0 radical (unpaired) electrons. The summed E-state index contributed by atoms with van der Waals surface area (Å²) in [5, 5.41) is 8.08. The lowest BCUT2D eigenvalue weighted by Gasteiger charge is -2.33. The van der Waals surface area contributed by atoms with Gasteiger partial charge in [0, 0.05) is 36.4 Å². The van der Waals surface area contributed by atoms with Gasteiger partial charge in [-0.1, -0.05) is 6.07 Å². The third-order valence-corrected chi connectivity index (χ3v) is 4.96. The van der Waals surface area contributed by atoms with Gasteiger partial charge in [0.2, 0.25) is 5.95 Å². The molecule has 2 N–H and O–H groups in total. The molecular weight excluding hydrogens is 310 g/mol. The van der Waals surface area contributed by atoms with Gasteiger partial charge in [-0.25, -0.2) is 14.8 Å². The zero-order chi connectivity index (χ0) is 16.1. The molecule has 0 spiro atoms. The Labute approximate surface area is 140 Å². The maximum atomic E-state index is 12.2. The quantitative estimate of drug-likeness (QED) is 0.903. The number of carbonyl (C=O) groups excluding carboxylic acids is 1. The predicted molar refractivity (Wildman–Crippen MR) is 91.7 cm³/mol. The van der Waals surface area contributed by atoms with Crippen molar-refractivity contribution < 1.29 is 4.79 Å². The van der Waals surface area contributed by atoms with Gasteiger partial charge in [0.25, 0.3) is 0 Å². The van der Waals surface area contributed by atoms with Crippen molar-refractivity contribution in [3.05, 3.63) is 40.8 Å². The molecule has 2 atom stereocenters. The van der Waals surface area contributed by atoms with Gasteiger partial charge < -0.3 is 15.5 Å². The van der Waals surface area contributed by atoms with Crippen molar-refractivity contribution in [2.45, 2.75) is 31.8 Å². The highest BCUT2D eigenvalue weighted by Gasteiger charge is 2.23. The average molecular weight is 331 g/mol. The fourth-order valence-electron chi connectivity index (χ4n) is 2.76. The van der Waals surface area contributed by atoms with Crippen LogP contribution in [0.1, 0.15) is 30.7 Å². The SMILES string of the molecule is C[C@@H](NC(=O)N[C@H]1CCCN(c2ncccn2)C1)c1cccs1. The number of amides is 2. The molecule has 23 heavy (non-hydrogen) atoms. The van der Waals surface area contributed by atoms with E-state index in [0.717, 1.165) is 36.8 Å². The van der Waals surface area contributed by atoms with E-state index in [-0.39, 0.29) is 18.1 Å². The van der Waals surface area contributed by atoms with Crippen molar-refractivity contribution in [3.63, 3.8) is 0 Å². The number of rotatable bonds is 4. The van der Waals surface area contributed by atoms with Crippen LogP contribution in [-0.2, 0) is 0 Å². The first-order valence-corrected chi connectivity index (χ1v) is 8.73. The van der Waals surface area contributed by atoms with E-state index in [2.05, 4.69) is 25.5 Å². The van der Waals surface area contributed by atoms with Gasteiger partial charge in [-0.15, -0.1) is 11.3 Å². The first-order valence-electron chi connectivity index (χ1n) is 7.85. The second-order valence-corrected chi connectivity index (χ2v) is 6.67. The third kappa shape index (κ3) is 4.19. The van der Waals surface area contributed by atoms with Crippen LogP contribution in [-0.4, -0.2) is 35.1 Å². The Morgan fingerprint density at radius 3 is 2.96 bits per heavy atom. The van der Waals surface area contributed by atoms with Gasteiger partial charge in [0.1, 0.15) is 0 Å². The standard InChI is InChI=1S/C16H21N5OS/c1-12(14-6-3-10-23-14)19-16(22)20-13-5-2-9-21(11-13)15-17-7-4-8-18-15/h3-4,6-8,10,12-13H,2,5,9,11H2,1H3,(H2,19,20,22)/t12-,13+/m1/s1. The number of nitrogens with one attached hydrogen (secondary N) is 2. The van der Waals surface area contributed by atoms with E-state index in [4.69, 9.17) is 0 Å². The minimum atomic E-state index is -0.119. The van der Waals surface area contributed by atoms with Crippen LogP contribution in [0.3, 0.4) is 0 Å². The van der Waals surface area contributed by atoms with Crippen molar-refractivity contribution in [3.8, 4) is 0 Å². The van der Waals surface area contributed by atoms with Crippen molar-refractivity contribution in [1.82, 2.24) is 20.6 Å². The summed E-state index contributed by atoms with van der Waals surface area (Å²) in [6.45, 7) is 3.66. The van der Waals surface area contributed by atoms with Crippen LogP contribution in [0, 0.1) is 0 Å². The van der Waals surface area contributed by atoms with Crippen molar-refractivity contribution in [1.29, 1.82) is 0 Å². The number of aromatic nitrogens is 2. The molecule has 1 aliphatic heterocycles. The topological polar surface area (TPSA) is 70.2 Å². The molecule has 1 saturated heterocycles. The van der Waals surface area contributed by atoms with Crippen LogP contribution in [0.2, 0.25) is 0 Å². The summed E-state index contributed by atoms with van der Waals surface area (Å²) in [4.78, 5) is 24.0. The van der Waals surface area contributed by atoms with E-state index in [1.807, 2.05) is 30.5 Å². The zero-order valence-electron chi connectivity index (χ0n) is 13.1. The Morgan fingerprint density at radius 1 is 1.39 bits per heavy atom. The van der Waals surface area contributed by atoms with Crippen LogP contribution < -0.4 is 15.5 Å². The Balaban J connectivity index is 1.52. The van der Waals surface area contributed by atoms with Crippen molar-refractivity contribution >= 4 is 23.3 Å². The molecule has 0 bridgehead atoms. The molecule has 2 amide bonds. The summed E-state index contributed by atoms with van der Waals surface area (Å²) in [6.07, 6.45) is 5.48. The van der Waals surface area contributed by atoms with Crippen LogP contribution in [0.5, 0.6) is 0 Å². The normalized spacial score (nSPS) is 19.2. The first kappa shape index (κ1) is 15.7. The minimum Gasteiger partial charge on any atom is -0.339 e. The molecule has 1 fully saturated rings. The molecule has 2 aromatic heterocycles. The van der Waals surface area contributed by atoms with Gasteiger partial charge in [-0.2, -0.15) is 0 Å². The second kappa shape index (κ2) is 7.41. The highest BCUT2D eigenvalue weighted by atomic mass is 32.1. The lowest BCUT2D eigenvalue weighted by molar-refractivity contribution is 0.232. The van der Waals surface area contributed by atoms with Crippen molar-refractivity contribution in [2.75, 3.05) is 18.0 Å². The zero-order valence-corrected chi connectivity index (χ0v) is 13.9. The molecule has 3 rings (SSSR count). The molecule has 7 heteroatoms. The van der Waals surface area contributed by atoms with Gasteiger partial charge >= 0.3 is 6.03 Å². The van der Waals surface area contributed by atoms with E-state index in [0.29, 0.717) is 0 Å². The van der Waals surface area contributed by atoms with E-state index in [1.165, 1.54) is 0 Å². The molecule has 3 heterocycles. The molecule has 0 aromatic carbocycles. The highest BCUT2D eigenvalue weighted by molar-refractivity contribution is 7.10. The fourth-order valence-corrected chi connectivity index (χ4v) is 3.50. The molecule has 122 valence electrons. The Morgan fingerprint density at radius 2 is 2.22 bits per heavy atom. The summed E-state index contributed by atoms with van der Waals surface area (Å²) in [6, 6.07) is 5.85. The van der Waals surface area contributed by atoms with E-state index >= 15 is 0 Å². The molecule has 6 nitrogen and oxygen atoms in total. The molecule has 1 aliphatic rings. The van der Waals surface area contributed by atoms with E-state index in [1.54, 1.807) is 23.7 Å². The summed E-state index contributed by atoms with van der Waals surface area (Å²) in [5.41, 5.74) is 0. The monoisotopic (exact) mass is 331 g/mol. The van der Waals surface area contributed by atoms with Crippen LogP contribution in [0.25, 0.3) is 0 Å². The smallest absolute Gasteiger partial charge is 0.315 e. The van der Waals surface area contributed by atoms with Crippen LogP contribution >= 0.6 is 11.3 Å². The number of anilines is 1. The number of piperidine rings is 1. The predicted octanol–water partition coefficient (Wildman–Crippen LogP) is 2.57. The number of thiophene rings is 1. The maximum Gasteiger partial charge on any atom is 0.315 e. The highest BCUT2D eigenvalue weighted by Crippen LogP contribution is 2.18. The summed E-state index contributed by atoms with van der Waals surface area (Å²) >= 11 is 1.65. The second-order valence-electron chi connectivity index (χ2n) is 5.69. The van der Waals surface area contributed by atoms with E-state index < -0.39 is 0 Å². The Kier molecular flexibility index (Phi) is 5.07. The lowest BCUT2D eigenvalue weighted by Crippen LogP contribution is -2.51. The average Bonchev–Trinajstić information content (AvgIpc) is 3.10. The molecule has 0 unspecified atom stereocenters.